The number of aliphatic hydroxyl groups excluding tert-OH is 1. The van der Waals surface area contributed by atoms with Crippen molar-refractivity contribution in [1.82, 2.24) is 0 Å². The van der Waals surface area contributed by atoms with Gasteiger partial charge in [0.1, 0.15) is 19.3 Å². The Bertz CT molecular complexity index is 550. The molecule has 25 heavy (non-hydrogen) atoms. The summed E-state index contributed by atoms with van der Waals surface area (Å²) >= 11 is 0. The quantitative estimate of drug-likeness (QED) is 0.607. The Morgan fingerprint density at radius 1 is 1.24 bits per heavy atom. The first-order valence-electron chi connectivity index (χ1n) is 9.22. The van der Waals surface area contributed by atoms with E-state index in [2.05, 4.69) is 26.8 Å². The molecule has 2 aliphatic carbocycles. The fourth-order valence-electron chi connectivity index (χ4n) is 5.02. The third kappa shape index (κ3) is 4.25. The number of aliphatic hydroxyl groups is 1. The molecule has 0 amide bonds. The van der Waals surface area contributed by atoms with Crippen molar-refractivity contribution < 1.29 is 24.2 Å². The molecule has 4 atom stereocenters. The van der Waals surface area contributed by atoms with E-state index in [-0.39, 0.29) is 35.9 Å². The van der Waals surface area contributed by atoms with Crippen LogP contribution < -0.4 is 0 Å². The van der Waals surface area contributed by atoms with Crippen molar-refractivity contribution in [2.45, 2.75) is 66.4 Å². The molecule has 5 heteroatoms. The largest absolute Gasteiger partial charge is 0.463 e. The van der Waals surface area contributed by atoms with Gasteiger partial charge in [-0.05, 0) is 42.9 Å². The molecule has 5 nitrogen and oxygen atoms in total. The zero-order valence-electron chi connectivity index (χ0n) is 16.1. The van der Waals surface area contributed by atoms with Crippen molar-refractivity contribution in [3.63, 3.8) is 0 Å². The number of fused-ring (bicyclic) bond motifs is 1. The van der Waals surface area contributed by atoms with Gasteiger partial charge in [-0.1, -0.05) is 38.8 Å². The van der Waals surface area contributed by atoms with Crippen LogP contribution in [0.15, 0.2) is 11.6 Å². The van der Waals surface area contributed by atoms with Crippen molar-refractivity contribution in [1.29, 1.82) is 0 Å². The van der Waals surface area contributed by atoms with Crippen molar-refractivity contribution in [2.75, 3.05) is 13.2 Å². The molecule has 0 bridgehead atoms. The van der Waals surface area contributed by atoms with E-state index in [1.54, 1.807) is 0 Å². The lowest BCUT2D eigenvalue weighted by Crippen LogP contribution is -2.51. The van der Waals surface area contributed by atoms with Gasteiger partial charge in [0.15, 0.2) is 0 Å². The molecule has 2 aliphatic rings. The van der Waals surface area contributed by atoms with Gasteiger partial charge in [-0.25, -0.2) is 0 Å². The summed E-state index contributed by atoms with van der Waals surface area (Å²) in [6.45, 7) is 9.79. The molecule has 0 radical (unpaired) electrons. The minimum absolute atomic E-state index is 0.113. The van der Waals surface area contributed by atoms with Gasteiger partial charge in [-0.2, -0.15) is 0 Å². The first-order valence-corrected chi connectivity index (χ1v) is 9.22. The molecule has 1 fully saturated rings. The first kappa shape index (κ1) is 20.0. The van der Waals surface area contributed by atoms with E-state index in [4.69, 9.17) is 9.47 Å². The van der Waals surface area contributed by atoms with Crippen LogP contribution in [0, 0.1) is 22.7 Å². The Morgan fingerprint density at radius 2 is 1.88 bits per heavy atom. The molecule has 142 valence electrons. The number of hydrogen-bond acceptors (Lipinski definition) is 5. The van der Waals surface area contributed by atoms with E-state index < -0.39 is 12.1 Å². The molecule has 0 aromatic rings. The predicted molar refractivity (Wildman–Crippen MR) is 94.7 cm³/mol. The molecule has 0 aromatic carbocycles. The molecule has 0 spiro atoms. The minimum atomic E-state index is -0.993. The van der Waals surface area contributed by atoms with Crippen LogP contribution in [0.25, 0.3) is 0 Å². The number of allylic oxidation sites excluding steroid dienone is 1. The molecular formula is C20H32O5. The summed E-state index contributed by atoms with van der Waals surface area (Å²) in [4.78, 5) is 23.6. The minimum Gasteiger partial charge on any atom is -0.463 e. The van der Waals surface area contributed by atoms with Gasteiger partial charge < -0.3 is 14.6 Å². The second kappa shape index (κ2) is 7.48. The fraction of sp³-hybridized carbons (Fsp3) is 0.800. The molecule has 2 rings (SSSR count). The highest BCUT2D eigenvalue weighted by Gasteiger charge is 2.54. The fourth-order valence-corrected chi connectivity index (χ4v) is 5.02. The smallest absolute Gasteiger partial charge is 0.313 e. The average Bonchev–Trinajstić information content (AvgIpc) is 2.49. The summed E-state index contributed by atoms with van der Waals surface area (Å²) in [7, 11) is 0. The lowest BCUT2D eigenvalue weighted by Gasteiger charge is -2.55. The summed E-state index contributed by atoms with van der Waals surface area (Å²) < 4.78 is 10.2. The van der Waals surface area contributed by atoms with Gasteiger partial charge in [0.2, 0.25) is 0 Å². The molecule has 1 N–H and O–H groups in total. The van der Waals surface area contributed by atoms with Crippen molar-refractivity contribution in [3.05, 3.63) is 11.6 Å². The molecule has 0 heterocycles. The van der Waals surface area contributed by atoms with Gasteiger partial charge in [0.25, 0.3) is 0 Å². The zero-order valence-corrected chi connectivity index (χ0v) is 16.1. The van der Waals surface area contributed by atoms with Crippen LogP contribution in [-0.2, 0) is 19.1 Å². The summed E-state index contributed by atoms with van der Waals surface area (Å²) in [6.07, 6.45) is 5.51. The molecule has 0 aromatic heterocycles. The molecule has 1 saturated carbocycles. The third-order valence-electron chi connectivity index (χ3n) is 6.20. The van der Waals surface area contributed by atoms with Gasteiger partial charge in [0, 0.05) is 6.92 Å². The van der Waals surface area contributed by atoms with Crippen LogP contribution in [-0.4, -0.2) is 36.4 Å². The van der Waals surface area contributed by atoms with Gasteiger partial charge in [0.05, 0.1) is 5.92 Å². The SMILES string of the molecule is CC(=O)OC[C@H](O)COC(=O)[C@H]1C(C)=CC[C@@H]2C(C)(C)CCC[C@]12C. The number of esters is 2. The highest BCUT2D eigenvalue weighted by molar-refractivity contribution is 5.77. The predicted octanol–water partition coefficient (Wildman–Crippen LogP) is 3.25. The Labute approximate surface area is 150 Å². The molecule has 0 saturated heterocycles. The number of ether oxygens (including phenoxy) is 2. The number of carbonyl (C=O) groups excluding carboxylic acids is 2. The van der Waals surface area contributed by atoms with Crippen LogP contribution in [0.1, 0.15) is 60.3 Å². The van der Waals surface area contributed by atoms with Crippen LogP contribution >= 0.6 is 0 Å². The number of carbonyl (C=O) groups is 2. The van der Waals surface area contributed by atoms with E-state index >= 15 is 0 Å². The zero-order chi connectivity index (χ0) is 18.8. The average molecular weight is 352 g/mol. The monoisotopic (exact) mass is 352 g/mol. The topological polar surface area (TPSA) is 72.8 Å². The second-order valence-corrected chi connectivity index (χ2v) is 8.60. The van der Waals surface area contributed by atoms with Gasteiger partial charge >= 0.3 is 11.9 Å². The first-order chi connectivity index (χ1) is 11.6. The van der Waals surface area contributed by atoms with Gasteiger partial charge in [-0.15, -0.1) is 0 Å². The van der Waals surface area contributed by atoms with E-state index in [1.807, 2.05) is 6.92 Å². The summed E-state index contributed by atoms with van der Waals surface area (Å²) in [5.41, 5.74) is 1.16. The highest BCUT2D eigenvalue weighted by atomic mass is 16.6. The maximum atomic E-state index is 12.8. The Kier molecular flexibility index (Phi) is 5.97. The van der Waals surface area contributed by atoms with E-state index in [1.165, 1.54) is 13.3 Å². The maximum absolute atomic E-state index is 12.8. The van der Waals surface area contributed by atoms with Crippen molar-refractivity contribution in [3.8, 4) is 0 Å². The van der Waals surface area contributed by atoms with E-state index in [0.29, 0.717) is 5.92 Å². The maximum Gasteiger partial charge on any atom is 0.313 e. The Morgan fingerprint density at radius 3 is 2.52 bits per heavy atom. The van der Waals surface area contributed by atoms with Crippen molar-refractivity contribution in [2.24, 2.45) is 22.7 Å². The molecule has 0 unspecified atom stereocenters. The van der Waals surface area contributed by atoms with Gasteiger partial charge in [-0.3, -0.25) is 9.59 Å². The standard InChI is InChI=1S/C20H32O5/c1-13-7-8-16-19(3,4)9-6-10-20(16,5)17(13)18(23)25-12-15(22)11-24-14(2)21/h7,15-17,22H,6,8-12H2,1-5H3/t15-,16+,17+,20-/m0/s1. The Balaban J connectivity index is 2.08. The third-order valence-corrected chi connectivity index (χ3v) is 6.20. The second-order valence-electron chi connectivity index (χ2n) is 8.60. The van der Waals surface area contributed by atoms with E-state index in [9.17, 15) is 14.7 Å². The molecular weight excluding hydrogens is 320 g/mol. The Hall–Kier alpha value is -1.36. The summed E-state index contributed by atoms with van der Waals surface area (Å²) in [5.74, 6) is -0.565. The number of hydrogen-bond donors (Lipinski definition) is 1. The normalized spacial score (nSPS) is 32.2. The van der Waals surface area contributed by atoms with E-state index in [0.717, 1.165) is 24.8 Å². The van der Waals surface area contributed by atoms with Crippen LogP contribution in [0.4, 0.5) is 0 Å². The highest BCUT2D eigenvalue weighted by Crippen LogP contribution is 2.59. The van der Waals surface area contributed by atoms with Crippen molar-refractivity contribution >= 4 is 11.9 Å². The van der Waals surface area contributed by atoms with Crippen LogP contribution in [0.3, 0.4) is 0 Å². The summed E-state index contributed by atoms with van der Waals surface area (Å²) in [5, 5.41) is 9.82. The summed E-state index contributed by atoms with van der Waals surface area (Å²) in [6, 6.07) is 0. The lowest BCUT2D eigenvalue weighted by molar-refractivity contribution is -0.162. The van der Waals surface area contributed by atoms with Crippen LogP contribution in [0.5, 0.6) is 0 Å². The lowest BCUT2D eigenvalue weighted by atomic mass is 9.49. The number of rotatable bonds is 5. The van der Waals surface area contributed by atoms with Crippen LogP contribution in [0.2, 0.25) is 0 Å². The molecule has 0 aliphatic heterocycles.